The Balaban J connectivity index is 1.43. The normalized spacial score (nSPS) is 20.6. The Kier molecular flexibility index (Phi) is 4.31. The topological polar surface area (TPSA) is 113 Å². The first-order valence-electron chi connectivity index (χ1n) is 10.1. The van der Waals surface area contributed by atoms with Crippen molar-refractivity contribution >= 4 is 28.5 Å². The Morgan fingerprint density at radius 3 is 2.87 bits per heavy atom. The molecular weight excluding hydrogens is 396 g/mol. The molecule has 1 saturated carbocycles. The van der Waals surface area contributed by atoms with Crippen molar-refractivity contribution in [3.05, 3.63) is 30.9 Å². The Bertz CT molecular complexity index is 1290. The second-order valence-electron chi connectivity index (χ2n) is 8.47. The monoisotopic (exact) mass is 420 g/mol. The first-order chi connectivity index (χ1) is 14.9. The number of amides is 1. The first kappa shape index (κ1) is 19.3. The van der Waals surface area contributed by atoms with Crippen LogP contribution in [-0.2, 0) is 4.79 Å². The van der Waals surface area contributed by atoms with Gasteiger partial charge in [-0.2, -0.15) is 15.1 Å². The van der Waals surface area contributed by atoms with Crippen LogP contribution in [0.3, 0.4) is 0 Å². The smallest absolute Gasteiger partial charge is 0.228 e. The number of nitrogens with zero attached hydrogens (tertiary/aromatic N) is 6. The molecule has 0 bridgehead atoms. The van der Waals surface area contributed by atoms with E-state index in [1.54, 1.807) is 30.6 Å². The van der Waals surface area contributed by atoms with Gasteiger partial charge in [0, 0.05) is 43.7 Å². The number of H-pyrrole nitrogens is 1. The molecule has 1 aliphatic rings. The molecule has 1 fully saturated rings. The van der Waals surface area contributed by atoms with Gasteiger partial charge in [-0.3, -0.25) is 4.79 Å². The molecule has 0 atom stereocenters. The highest BCUT2D eigenvalue weighted by Crippen LogP contribution is 2.43. The molecule has 0 saturated heterocycles. The number of carbonyl (C=O) groups excluding carboxylic acids is 1. The van der Waals surface area contributed by atoms with Gasteiger partial charge in [0.2, 0.25) is 17.7 Å². The molecule has 10 heteroatoms. The minimum absolute atomic E-state index is 0.139. The predicted molar refractivity (Wildman–Crippen MR) is 116 cm³/mol. The summed E-state index contributed by atoms with van der Waals surface area (Å²) in [5.41, 5.74) is 2.98. The predicted octanol–water partition coefficient (Wildman–Crippen LogP) is 2.34. The molecule has 0 aromatic carbocycles. The highest BCUT2D eigenvalue weighted by Gasteiger charge is 2.47. The van der Waals surface area contributed by atoms with Gasteiger partial charge < -0.3 is 19.9 Å². The number of aromatic amines is 1. The molecule has 0 aliphatic heterocycles. The summed E-state index contributed by atoms with van der Waals surface area (Å²) < 4.78 is 7.32. The maximum absolute atomic E-state index is 12.4. The van der Waals surface area contributed by atoms with Crippen LogP contribution in [0.25, 0.3) is 27.8 Å². The molecular formula is C21H24N8O2. The van der Waals surface area contributed by atoms with Crippen LogP contribution in [0, 0.1) is 5.41 Å². The van der Waals surface area contributed by atoms with Gasteiger partial charge in [0.05, 0.1) is 17.9 Å². The van der Waals surface area contributed by atoms with Gasteiger partial charge in [0.1, 0.15) is 12.0 Å². The third kappa shape index (κ3) is 3.15. The fraction of sp³-hybridized carbons (Fsp3) is 0.381. The van der Waals surface area contributed by atoms with E-state index in [0.717, 1.165) is 35.0 Å². The molecule has 160 valence electrons. The molecule has 0 spiro atoms. The average molecular weight is 420 g/mol. The molecule has 4 aromatic heterocycles. The van der Waals surface area contributed by atoms with Crippen LogP contribution < -0.4 is 10.1 Å². The van der Waals surface area contributed by atoms with Gasteiger partial charge in [0.25, 0.3) is 0 Å². The highest BCUT2D eigenvalue weighted by molar-refractivity contribution is 5.97. The molecule has 0 unspecified atom stereocenters. The van der Waals surface area contributed by atoms with E-state index in [4.69, 9.17) is 4.74 Å². The van der Waals surface area contributed by atoms with Crippen LogP contribution >= 0.6 is 0 Å². The summed E-state index contributed by atoms with van der Waals surface area (Å²) in [6.07, 6.45) is 6.80. The van der Waals surface area contributed by atoms with Gasteiger partial charge in [-0.25, -0.2) is 9.50 Å². The standard InChI is InChI=1S/C21H24N8O2/c1-21(19(30)28(2)3)7-13(8-21)25-20-26-17-16(18(27-20)31-4)14(9-22-17)12-5-6-15-23-11-24-29(15)10-12/h5-6,9-11,13H,7-8H2,1-4H3,(H2,22,25,26,27). The van der Waals surface area contributed by atoms with Crippen molar-refractivity contribution in [2.75, 3.05) is 26.5 Å². The van der Waals surface area contributed by atoms with E-state index in [1.807, 2.05) is 31.5 Å². The summed E-state index contributed by atoms with van der Waals surface area (Å²) in [7, 11) is 5.18. The number of hydrogen-bond donors (Lipinski definition) is 2. The van der Waals surface area contributed by atoms with E-state index in [-0.39, 0.29) is 17.4 Å². The summed E-state index contributed by atoms with van der Waals surface area (Å²) in [5, 5.41) is 8.35. The average Bonchev–Trinajstić information content (AvgIpc) is 3.37. The molecule has 10 nitrogen and oxygen atoms in total. The molecule has 31 heavy (non-hydrogen) atoms. The number of nitrogens with one attached hydrogen (secondary N) is 2. The number of pyridine rings is 1. The Labute approximate surface area is 178 Å². The molecule has 4 aromatic rings. The number of carbonyl (C=O) groups is 1. The SMILES string of the molecule is COc1nc(NC2CC(C)(C(=O)N(C)C)C2)nc2[nH]cc(-c3ccc4ncnn4c3)c12. The quantitative estimate of drug-likeness (QED) is 0.509. The second-order valence-corrected chi connectivity index (χ2v) is 8.47. The third-order valence-electron chi connectivity index (χ3n) is 5.93. The summed E-state index contributed by atoms with van der Waals surface area (Å²) >= 11 is 0. The lowest BCUT2D eigenvalue weighted by atomic mass is 9.66. The van der Waals surface area contributed by atoms with Crippen molar-refractivity contribution in [2.24, 2.45) is 5.41 Å². The van der Waals surface area contributed by atoms with Crippen LogP contribution in [-0.4, -0.2) is 67.6 Å². The fourth-order valence-corrected chi connectivity index (χ4v) is 4.44. The number of fused-ring (bicyclic) bond motifs is 2. The van der Waals surface area contributed by atoms with Crippen molar-refractivity contribution in [1.82, 2.24) is 34.4 Å². The van der Waals surface area contributed by atoms with Crippen molar-refractivity contribution in [2.45, 2.75) is 25.8 Å². The minimum Gasteiger partial charge on any atom is -0.480 e. The number of ether oxygens (including phenoxy) is 1. The lowest BCUT2D eigenvalue weighted by Gasteiger charge is -2.45. The van der Waals surface area contributed by atoms with Crippen molar-refractivity contribution < 1.29 is 9.53 Å². The maximum atomic E-state index is 12.4. The lowest BCUT2D eigenvalue weighted by Crippen LogP contribution is -2.52. The van der Waals surface area contributed by atoms with Crippen molar-refractivity contribution in [1.29, 1.82) is 0 Å². The van der Waals surface area contributed by atoms with E-state index in [1.165, 1.54) is 6.33 Å². The minimum atomic E-state index is -0.338. The lowest BCUT2D eigenvalue weighted by molar-refractivity contribution is -0.143. The van der Waals surface area contributed by atoms with Crippen LogP contribution in [0.1, 0.15) is 19.8 Å². The zero-order valence-corrected chi connectivity index (χ0v) is 17.9. The first-order valence-corrected chi connectivity index (χ1v) is 10.1. The number of hydrogen-bond acceptors (Lipinski definition) is 7. The summed E-state index contributed by atoms with van der Waals surface area (Å²) in [5.74, 6) is 1.11. The largest absolute Gasteiger partial charge is 0.480 e. The van der Waals surface area contributed by atoms with Crippen LogP contribution in [0.4, 0.5) is 5.95 Å². The summed E-state index contributed by atoms with van der Waals surface area (Å²) in [6.45, 7) is 2.00. The van der Waals surface area contributed by atoms with Crippen molar-refractivity contribution in [3.63, 3.8) is 0 Å². The highest BCUT2D eigenvalue weighted by atomic mass is 16.5. The van der Waals surface area contributed by atoms with E-state index < -0.39 is 0 Å². The second kappa shape index (κ2) is 6.93. The molecule has 1 amide bonds. The fourth-order valence-electron chi connectivity index (χ4n) is 4.44. The number of aromatic nitrogens is 6. The van der Waals surface area contributed by atoms with Gasteiger partial charge in [-0.05, 0) is 25.0 Å². The van der Waals surface area contributed by atoms with Crippen molar-refractivity contribution in [3.8, 4) is 17.0 Å². The van der Waals surface area contributed by atoms with E-state index in [9.17, 15) is 4.79 Å². The van der Waals surface area contributed by atoms with E-state index in [0.29, 0.717) is 17.5 Å². The molecule has 1 aliphatic carbocycles. The van der Waals surface area contributed by atoms with Crippen LogP contribution in [0.15, 0.2) is 30.9 Å². The molecule has 4 heterocycles. The van der Waals surface area contributed by atoms with Gasteiger partial charge in [0.15, 0.2) is 5.65 Å². The number of anilines is 1. The van der Waals surface area contributed by atoms with E-state index >= 15 is 0 Å². The summed E-state index contributed by atoms with van der Waals surface area (Å²) in [6, 6.07) is 4.03. The zero-order valence-electron chi connectivity index (χ0n) is 17.9. The molecule has 5 rings (SSSR count). The Hall–Kier alpha value is -3.69. The van der Waals surface area contributed by atoms with E-state index in [2.05, 4.69) is 30.4 Å². The number of methoxy groups -OCH3 is 1. The van der Waals surface area contributed by atoms with Crippen LogP contribution in [0.2, 0.25) is 0 Å². The van der Waals surface area contributed by atoms with Gasteiger partial charge >= 0.3 is 0 Å². The zero-order chi connectivity index (χ0) is 21.8. The molecule has 2 N–H and O–H groups in total. The molecule has 0 radical (unpaired) electrons. The van der Waals surface area contributed by atoms with Gasteiger partial charge in [-0.1, -0.05) is 6.92 Å². The number of rotatable bonds is 5. The Morgan fingerprint density at radius 1 is 1.32 bits per heavy atom. The maximum Gasteiger partial charge on any atom is 0.228 e. The Morgan fingerprint density at radius 2 is 2.13 bits per heavy atom. The van der Waals surface area contributed by atoms with Gasteiger partial charge in [-0.15, -0.1) is 0 Å². The summed E-state index contributed by atoms with van der Waals surface area (Å²) in [4.78, 5) is 30.6. The third-order valence-corrected chi connectivity index (χ3v) is 5.93. The van der Waals surface area contributed by atoms with Crippen LogP contribution in [0.5, 0.6) is 5.88 Å².